The molecular weight excluding hydrogens is 419 g/mol. The summed E-state index contributed by atoms with van der Waals surface area (Å²) in [6, 6.07) is 9.25. The average molecular weight is 450 g/mol. The maximum atomic E-state index is 13.1. The van der Waals surface area contributed by atoms with Crippen LogP contribution in [0.3, 0.4) is 0 Å². The highest BCUT2D eigenvalue weighted by Gasteiger charge is 2.44. The van der Waals surface area contributed by atoms with Crippen LogP contribution < -0.4 is 5.32 Å². The molecule has 1 aromatic carbocycles. The molecule has 0 atom stereocenters. The van der Waals surface area contributed by atoms with Crippen molar-refractivity contribution in [1.29, 1.82) is 0 Å². The quantitative estimate of drug-likeness (QED) is 0.588. The number of nitrogens with zero attached hydrogens (tertiary/aromatic N) is 2. The van der Waals surface area contributed by atoms with Gasteiger partial charge in [-0.15, -0.1) is 0 Å². The molecule has 1 aliphatic heterocycles. The summed E-state index contributed by atoms with van der Waals surface area (Å²) in [6.45, 7) is 1.58. The molecule has 30 heavy (non-hydrogen) atoms. The number of benzene rings is 1. The molecule has 0 aromatic heterocycles. The molecule has 10 heteroatoms. The van der Waals surface area contributed by atoms with Crippen LogP contribution in [0.2, 0.25) is 0 Å². The summed E-state index contributed by atoms with van der Waals surface area (Å²) in [5.74, 6) is -0.191. The van der Waals surface area contributed by atoms with Crippen LogP contribution in [0, 0.1) is 0 Å². The first kappa shape index (κ1) is 24.6. The predicted molar refractivity (Wildman–Crippen MR) is 110 cm³/mol. The lowest BCUT2D eigenvalue weighted by Gasteiger charge is -2.40. The predicted octanol–water partition coefficient (Wildman–Crippen LogP) is 2.37. The summed E-state index contributed by atoms with van der Waals surface area (Å²) in [6.07, 6.45) is -3.15. The number of hydrogen-bond acceptors (Lipinski definition) is 4. The van der Waals surface area contributed by atoms with E-state index in [1.807, 2.05) is 30.3 Å². The molecular formula is C20H30F3N3O3S. The van der Waals surface area contributed by atoms with Crippen molar-refractivity contribution in [2.45, 2.75) is 37.8 Å². The largest absolute Gasteiger partial charge is 0.401 e. The first-order valence-corrected chi connectivity index (χ1v) is 11.7. The Balaban J connectivity index is 2.02. The van der Waals surface area contributed by atoms with Gasteiger partial charge >= 0.3 is 6.18 Å². The van der Waals surface area contributed by atoms with E-state index in [9.17, 15) is 26.4 Å². The first-order valence-electron chi connectivity index (χ1n) is 10.1. The van der Waals surface area contributed by atoms with Crippen LogP contribution in [0.1, 0.15) is 31.7 Å². The molecule has 2 rings (SSSR count). The zero-order valence-electron chi connectivity index (χ0n) is 17.4. The number of sulfonamides is 1. The van der Waals surface area contributed by atoms with E-state index >= 15 is 0 Å². The highest BCUT2D eigenvalue weighted by molar-refractivity contribution is 7.89. The van der Waals surface area contributed by atoms with Crippen molar-refractivity contribution >= 4 is 15.9 Å². The maximum absolute atomic E-state index is 13.1. The Morgan fingerprint density at radius 1 is 1.20 bits per heavy atom. The standard InChI is InChI=1S/C20H30F3N3O3S/c1-3-30(28,29)26-14-10-19(11-15-26,17-8-5-4-6-9-17)18(27)24-12-7-13-25(2)16-20(21,22)23/h4-6,8-9H,3,7,10-16H2,1-2H3,(H,24,27). The number of piperidine rings is 1. The summed E-state index contributed by atoms with van der Waals surface area (Å²) in [7, 11) is -1.93. The monoisotopic (exact) mass is 449 g/mol. The van der Waals surface area contributed by atoms with Crippen LogP contribution in [0.25, 0.3) is 0 Å². The Bertz CT molecular complexity index is 793. The molecule has 1 aromatic rings. The lowest BCUT2D eigenvalue weighted by Crippen LogP contribution is -2.53. The Morgan fingerprint density at radius 2 is 1.80 bits per heavy atom. The number of alkyl halides is 3. The Kier molecular flexibility index (Phi) is 8.29. The third-order valence-corrected chi connectivity index (χ3v) is 7.43. The summed E-state index contributed by atoms with van der Waals surface area (Å²) in [4.78, 5) is 14.3. The average Bonchev–Trinajstić information content (AvgIpc) is 2.70. The molecule has 0 unspecified atom stereocenters. The molecule has 1 fully saturated rings. The van der Waals surface area contributed by atoms with E-state index < -0.39 is 28.2 Å². The Morgan fingerprint density at radius 3 is 2.33 bits per heavy atom. The van der Waals surface area contributed by atoms with E-state index in [2.05, 4.69) is 5.32 Å². The van der Waals surface area contributed by atoms with Crippen molar-refractivity contribution in [3.05, 3.63) is 35.9 Å². The van der Waals surface area contributed by atoms with E-state index in [4.69, 9.17) is 0 Å². The van der Waals surface area contributed by atoms with Gasteiger partial charge in [0.15, 0.2) is 0 Å². The fourth-order valence-corrected chi connectivity index (χ4v) is 4.94. The maximum Gasteiger partial charge on any atom is 0.401 e. The van der Waals surface area contributed by atoms with Crippen LogP contribution in [-0.2, 0) is 20.2 Å². The van der Waals surface area contributed by atoms with Gasteiger partial charge in [0, 0.05) is 19.6 Å². The molecule has 1 N–H and O–H groups in total. The topological polar surface area (TPSA) is 69.7 Å². The normalized spacial score (nSPS) is 17.8. The first-order chi connectivity index (χ1) is 14.0. The second-order valence-electron chi connectivity index (χ2n) is 7.71. The molecule has 0 radical (unpaired) electrons. The van der Waals surface area contributed by atoms with E-state index in [0.717, 1.165) is 5.56 Å². The van der Waals surface area contributed by atoms with E-state index in [1.54, 1.807) is 6.92 Å². The molecule has 170 valence electrons. The van der Waals surface area contributed by atoms with Gasteiger partial charge in [-0.3, -0.25) is 9.69 Å². The molecule has 1 aliphatic rings. The minimum atomic E-state index is -4.25. The molecule has 0 saturated carbocycles. The summed E-state index contributed by atoms with van der Waals surface area (Å²) < 4.78 is 63.0. The minimum Gasteiger partial charge on any atom is -0.355 e. The van der Waals surface area contributed by atoms with E-state index in [0.29, 0.717) is 19.3 Å². The Hall–Kier alpha value is -1.65. The number of carbonyl (C=O) groups excluding carboxylic acids is 1. The fourth-order valence-electron chi connectivity index (χ4n) is 3.84. The van der Waals surface area contributed by atoms with Crippen LogP contribution in [0.5, 0.6) is 0 Å². The van der Waals surface area contributed by atoms with Gasteiger partial charge in [0.1, 0.15) is 0 Å². The number of halogens is 3. The Labute approximate surface area is 176 Å². The van der Waals surface area contributed by atoms with Crippen molar-refractivity contribution < 1.29 is 26.4 Å². The summed E-state index contributed by atoms with van der Waals surface area (Å²) >= 11 is 0. The summed E-state index contributed by atoms with van der Waals surface area (Å²) in [5.41, 5.74) is -0.0240. The van der Waals surface area contributed by atoms with Crippen molar-refractivity contribution in [2.24, 2.45) is 0 Å². The van der Waals surface area contributed by atoms with Gasteiger partial charge < -0.3 is 5.32 Å². The molecule has 0 aliphatic carbocycles. The van der Waals surface area contributed by atoms with Gasteiger partial charge in [-0.05, 0) is 45.3 Å². The lowest BCUT2D eigenvalue weighted by molar-refractivity contribution is -0.143. The molecule has 0 bridgehead atoms. The number of amides is 1. The second kappa shape index (κ2) is 10.1. The van der Waals surface area contributed by atoms with Gasteiger partial charge in [-0.1, -0.05) is 30.3 Å². The smallest absolute Gasteiger partial charge is 0.355 e. The van der Waals surface area contributed by atoms with Crippen molar-refractivity contribution in [3.8, 4) is 0 Å². The number of carbonyl (C=O) groups is 1. The number of hydrogen-bond donors (Lipinski definition) is 1. The summed E-state index contributed by atoms with van der Waals surface area (Å²) in [5, 5.41) is 2.86. The SMILES string of the molecule is CCS(=O)(=O)N1CCC(C(=O)NCCCN(C)CC(F)(F)F)(c2ccccc2)CC1. The van der Waals surface area contributed by atoms with Crippen LogP contribution in [0.15, 0.2) is 30.3 Å². The third-order valence-electron chi connectivity index (χ3n) is 5.55. The van der Waals surface area contributed by atoms with Crippen molar-refractivity contribution in [3.63, 3.8) is 0 Å². The van der Waals surface area contributed by atoms with Crippen molar-refractivity contribution in [2.75, 3.05) is 45.5 Å². The van der Waals surface area contributed by atoms with Crippen LogP contribution in [-0.4, -0.2) is 75.2 Å². The highest BCUT2D eigenvalue weighted by Crippen LogP contribution is 2.36. The van der Waals surface area contributed by atoms with Crippen LogP contribution >= 0.6 is 0 Å². The third kappa shape index (κ3) is 6.42. The molecule has 6 nitrogen and oxygen atoms in total. The zero-order chi connectivity index (χ0) is 22.4. The second-order valence-corrected chi connectivity index (χ2v) is 9.97. The molecule has 1 saturated heterocycles. The molecule has 1 heterocycles. The van der Waals surface area contributed by atoms with Gasteiger partial charge in [-0.2, -0.15) is 13.2 Å². The molecule has 0 spiro atoms. The van der Waals surface area contributed by atoms with E-state index in [1.165, 1.54) is 16.3 Å². The fraction of sp³-hybridized carbons (Fsp3) is 0.650. The van der Waals surface area contributed by atoms with Gasteiger partial charge in [-0.25, -0.2) is 12.7 Å². The van der Waals surface area contributed by atoms with Crippen molar-refractivity contribution in [1.82, 2.24) is 14.5 Å². The van der Waals surface area contributed by atoms with Gasteiger partial charge in [0.25, 0.3) is 0 Å². The molecule has 1 amide bonds. The van der Waals surface area contributed by atoms with Gasteiger partial charge in [0.2, 0.25) is 15.9 Å². The number of nitrogens with one attached hydrogen (secondary N) is 1. The van der Waals surface area contributed by atoms with Gasteiger partial charge in [0.05, 0.1) is 17.7 Å². The van der Waals surface area contributed by atoms with E-state index in [-0.39, 0.29) is 37.8 Å². The highest BCUT2D eigenvalue weighted by atomic mass is 32.2. The minimum absolute atomic E-state index is 0.0168. The van der Waals surface area contributed by atoms with Crippen LogP contribution in [0.4, 0.5) is 13.2 Å². The zero-order valence-corrected chi connectivity index (χ0v) is 18.2. The number of rotatable bonds is 9. The lowest BCUT2D eigenvalue weighted by atomic mass is 9.72.